The van der Waals surface area contributed by atoms with E-state index in [-0.39, 0.29) is 0 Å². The third kappa shape index (κ3) is 5.08. The first-order chi connectivity index (χ1) is 9.79. The van der Waals surface area contributed by atoms with Crippen molar-refractivity contribution in [3.05, 3.63) is 16.7 Å². The molecular weight excluding hydrogens is 274 g/mol. The highest BCUT2D eigenvalue weighted by Crippen LogP contribution is 2.20. The third-order valence-corrected chi connectivity index (χ3v) is 4.09. The van der Waals surface area contributed by atoms with Gasteiger partial charge in [0.15, 0.2) is 5.15 Å². The number of hydrogen-bond donors (Lipinski definition) is 2. The topological polar surface area (TPSA) is 49.9 Å². The molecular formula is C15H26ClN3O. The summed E-state index contributed by atoms with van der Waals surface area (Å²) in [6.07, 6.45) is 8.89. The van der Waals surface area contributed by atoms with Gasteiger partial charge in [-0.05, 0) is 19.3 Å². The molecule has 0 atom stereocenters. The van der Waals surface area contributed by atoms with Gasteiger partial charge < -0.3 is 15.0 Å². The molecule has 1 aliphatic carbocycles. The van der Waals surface area contributed by atoms with Crippen molar-refractivity contribution >= 4 is 11.6 Å². The molecule has 2 N–H and O–H groups in total. The first kappa shape index (κ1) is 15.8. The number of nitrogens with one attached hydrogen (secondary N) is 2. The van der Waals surface area contributed by atoms with Crippen LogP contribution in [-0.4, -0.2) is 29.2 Å². The molecule has 0 aliphatic heterocycles. The van der Waals surface area contributed by atoms with Gasteiger partial charge in [-0.1, -0.05) is 37.8 Å². The summed E-state index contributed by atoms with van der Waals surface area (Å²) in [5.41, 5.74) is 0.985. The van der Waals surface area contributed by atoms with E-state index in [9.17, 15) is 0 Å². The Morgan fingerprint density at radius 2 is 2.20 bits per heavy atom. The molecule has 0 amide bonds. The van der Waals surface area contributed by atoms with Gasteiger partial charge >= 0.3 is 0 Å². The van der Waals surface area contributed by atoms with Crippen LogP contribution in [0.2, 0.25) is 5.15 Å². The van der Waals surface area contributed by atoms with Gasteiger partial charge in [-0.3, -0.25) is 0 Å². The maximum Gasteiger partial charge on any atom is 0.151 e. The van der Waals surface area contributed by atoms with E-state index in [2.05, 4.69) is 22.2 Å². The molecule has 1 fully saturated rings. The summed E-state index contributed by atoms with van der Waals surface area (Å²) in [5, 5.41) is 3.95. The zero-order valence-corrected chi connectivity index (χ0v) is 13.1. The number of ether oxygens (including phenoxy) is 1. The summed E-state index contributed by atoms with van der Waals surface area (Å²) < 4.78 is 5.81. The van der Waals surface area contributed by atoms with Gasteiger partial charge in [-0.2, -0.15) is 0 Å². The summed E-state index contributed by atoms with van der Waals surface area (Å²) >= 11 is 6.13. The fourth-order valence-electron chi connectivity index (χ4n) is 2.59. The molecule has 0 bridgehead atoms. The Kier molecular flexibility index (Phi) is 6.83. The lowest BCUT2D eigenvalue weighted by Crippen LogP contribution is -2.22. The van der Waals surface area contributed by atoms with Crippen LogP contribution in [0.15, 0.2) is 0 Å². The van der Waals surface area contributed by atoms with Crippen LogP contribution in [0.5, 0.6) is 0 Å². The molecule has 20 heavy (non-hydrogen) atoms. The van der Waals surface area contributed by atoms with Crippen molar-refractivity contribution in [2.24, 2.45) is 0 Å². The number of H-pyrrole nitrogens is 1. The standard InChI is InChI=1S/C15H26ClN3O/c1-2-3-8-14-18-13(15(16)19-14)11-17-9-10-20-12-6-4-5-7-12/h12,17H,2-11H2,1H3,(H,18,19). The van der Waals surface area contributed by atoms with E-state index in [1.807, 2.05) is 0 Å². The maximum atomic E-state index is 6.13. The number of halogens is 1. The van der Waals surface area contributed by atoms with Crippen LogP contribution in [0.1, 0.15) is 57.0 Å². The lowest BCUT2D eigenvalue weighted by molar-refractivity contribution is 0.0602. The van der Waals surface area contributed by atoms with Crippen LogP contribution < -0.4 is 5.32 Å². The fraction of sp³-hybridized carbons (Fsp3) is 0.800. The smallest absolute Gasteiger partial charge is 0.151 e. The number of imidazole rings is 1. The average Bonchev–Trinajstić information content (AvgIpc) is 3.06. The van der Waals surface area contributed by atoms with E-state index >= 15 is 0 Å². The monoisotopic (exact) mass is 299 g/mol. The molecule has 1 heterocycles. The Labute approximate surface area is 126 Å². The minimum Gasteiger partial charge on any atom is -0.377 e. The second kappa shape index (κ2) is 8.65. The van der Waals surface area contributed by atoms with Crippen molar-refractivity contribution in [2.75, 3.05) is 13.2 Å². The number of aryl methyl sites for hydroxylation is 1. The lowest BCUT2D eigenvalue weighted by atomic mass is 10.2. The lowest BCUT2D eigenvalue weighted by Gasteiger charge is -2.11. The van der Waals surface area contributed by atoms with E-state index in [1.165, 1.54) is 32.1 Å². The zero-order chi connectivity index (χ0) is 14.2. The van der Waals surface area contributed by atoms with Gasteiger partial charge in [0.25, 0.3) is 0 Å². The van der Waals surface area contributed by atoms with Crippen molar-refractivity contribution in [1.29, 1.82) is 0 Å². The zero-order valence-electron chi connectivity index (χ0n) is 12.4. The quantitative estimate of drug-likeness (QED) is 0.687. The van der Waals surface area contributed by atoms with Crippen molar-refractivity contribution < 1.29 is 4.74 Å². The predicted octanol–water partition coefficient (Wildman–Crippen LogP) is 3.45. The molecule has 0 radical (unpaired) electrons. The first-order valence-electron chi connectivity index (χ1n) is 7.85. The van der Waals surface area contributed by atoms with Crippen LogP contribution in [0.4, 0.5) is 0 Å². The van der Waals surface area contributed by atoms with Gasteiger partial charge in [0.1, 0.15) is 5.82 Å². The fourth-order valence-corrected chi connectivity index (χ4v) is 2.80. The molecule has 2 rings (SSSR count). The maximum absolute atomic E-state index is 6.13. The van der Waals surface area contributed by atoms with Crippen LogP contribution in [0.3, 0.4) is 0 Å². The minimum atomic E-state index is 0.494. The van der Waals surface area contributed by atoms with Crippen molar-refractivity contribution in [3.8, 4) is 0 Å². The van der Waals surface area contributed by atoms with Crippen molar-refractivity contribution in [3.63, 3.8) is 0 Å². The number of unbranched alkanes of at least 4 members (excludes halogenated alkanes) is 1. The van der Waals surface area contributed by atoms with Gasteiger partial charge in [-0.15, -0.1) is 0 Å². The van der Waals surface area contributed by atoms with Gasteiger partial charge in [-0.25, -0.2) is 4.98 Å². The number of aromatic nitrogens is 2. The van der Waals surface area contributed by atoms with Crippen molar-refractivity contribution in [2.45, 2.75) is 64.5 Å². The van der Waals surface area contributed by atoms with E-state index in [1.54, 1.807) is 0 Å². The van der Waals surface area contributed by atoms with Crippen LogP contribution in [0.25, 0.3) is 0 Å². The number of rotatable bonds is 9. The SMILES string of the molecule is CCCCc1nc(Cl)c(CNCCOC2CCCC2)[nH]1. The second-order valence-corrected chi connectivity index (χ2v) is 5.87. The Balaban J connectivity index is 1.61. The number of nitrogens with zero attached hydrogens (tertiary/aromatic N) is 1. The average molecular weight is 300 g/mol. The third-order valence-electron chi connectivity index (χ3n) is 3.78. The minimum absolute atomic E-state index is 0.494. The summed E-state index contributed by atoms with van der Waals surface area (Å²) in [6, 6.07) is 0. The van der Waals surface area contributed by atoms with Gasteiger partial charge in [0.05, 0.1) is 18.4 Å². The van der Waals surface area contributed by atoms with Gasteiger partial charge in [0, 0.05) is 19.5 Å². The molecule has 0 spiro atoms. The molecule has 1 saturated carbocycles. The predicted molar refractivity (Wildman–Crippen MR) is 82.1 cm³/mol. The molecule has 1 aliphatic rings. The first-order valence-corrected chi connectivity index (χ1v) is 8.23. The second-order valence-electron chi connectivity index (χ2n) is 5.51. The Hall–Kier alpha value is -0.580. The number of hydrogen-bond acceptors (Lipinski definition) is 3. The Morgan fingerprint density at radius 1 is 1.40 bits per heavy atom. The Morgan fingerprint density at radius 3 is 2.95 bits per heavy atom. The van der Waals surface area contributed by atoms with E-state index in [0.717, 1.165) is 44.1 Å². The van der Waals surface area contributed by atoms with Gasteiger partial charge in [0.2, 0.25) is 0 Å². The Bertz CT molecular complexity index is 388. The summed E-state index contributed by atoms with van der Waals surface area (Å²) in [4.78, 5) is 7.65. The van der Waals surface area contributed by atoms with Crippen LogP contribution in [-0.2, 0) is 17.7 Å². The molecule has 0 aromatic carbocycles. The summed E-state index contributed by atoms with van der Waals surface area (Å²) in [5.74, 6) is 0.996. The molecule has 0 unspecified atom stereocenters. The highest BCUT2D eigenvalue weighted by molar-refractivity contribution is 6.30. The van der Waals surface area contributed by atoms with E-state index in [4.69, 9.17) is 16.3 Å². The molecule has 114 valence electrons. The molecule has 1 aromatic heterocycles. The molecule has 5 heteroatoms. The molecule has 1 aromatic rings. The van der Waals surface area contributed by atoms with Crippen LogP contribution in [0, 0.1) is 0 Å². The normalized spacial score (nSPS) is 16.1. The summed E-state index contributed by atoms with van der Waals surface area (Å²) in [7, 11) is 0. The molecule has 0 saturated heterocycles. The van der Waals surface area contributed by atoms with E-state index < -0.39 is 0 Å². The number of aromatic amines is 1. The largest absolute Gasteiger partial charge is 0.377 e. The van der Waals surface area contributed by atoms with E-state index in [0.29, 0.717) is 11.3 Å². The summed E-state index contributed by atoms with van der Waals surface area (Å²) in [6.45, 7) is 4.54. The highest BCUT2D eigenvalue weighted by atomic mass is 35.5. The van der Waals surface area contributed by atoms with Crippen molar-refractivity contribution in [1.82, 2.24) is 15.3 Å². The highest BCUT2D eigenvalue weighted by Gasteiger charge is 2.14. The van der Waals surface area contributed by atoms with Crippen LogP contribution >= 0.6 is 11.6 Å². The molecule has 4 nitrogen and oxygen atoms in total.